The van der Waals surface area contributed by atoms with Crippen molar-refractivity contribution < 1.29 is 9.59 Å². The molecule has 1 saturated heterocycles. The molecule has 3 aromatic rings. The number of nitrogens with zero attached hydrogens (tertiary/aromatic N) is 3. The van der Waals surface area contributed by atoms with Crippen molar-refractivity contribution >= 4 is 34.9 Å². The second kappa shape index (κ2) is 9.49. The van der Waals surface area contributed by atoms with Gasteiger partial charge >= 0.3 is 0 Å². The highest BCUT2D eigenvalue weighted by Gasteiger charge is 2.26. The molecule has 7 heteroatoms. The average Bonchev–Trinajstić information content (AvgIpc) is 3.08. The van der Waals surface area contributed by atoms with Crippen molar-refractivity contribution in [3.8, 4) is 5.69 Å². The highest BCUT2D eigenvalue weighted by atomic mass is 35.5. The molecule has 32 heavy (non-hydrogen) atoms. The van der Waals surface area contributed by atoms with Crippen LogP contribution in [0.3, 0.4) is 0 Å². The summed E-state index contributed by atoms with van der Waals surface area (Å²) in [6.07, 6.45) is 0. The van der Waals surface area contributed by atoms with E-state index in [0.29, 0.717) is 48.3 Å². The molecule has 166 valence electrons. The predicted octanol–water partition coefficient (Wildman–Crippen LogP) is 5.04. The van der Waals surface area contributed by atoms with Crippen molar-refractivity contribution in [2.24, 2.45) is 0 Å². The fourth-order valence-corrected chi connectivity index (χ4v) is 4.74. The Morgan fingerprint density at radius 1 is 0.875 bits per heavy atom. The number of piperazine rings is 1. The van der Waals surface area contributed by atoms with E-state index in [4.69, 9.17) is 23.2 Å². The van der Waals surface area contributed by atoms with Gasteiger partial charge in [-0.3, -0.25) is 14.5 Å². The van der Waals surface area contributed by atoms with Crippen LogP contribution in [0.5, 0.6) is 0 Å². The van der Waals surface area contributed by atoms with Gasteiger partial charge in [-0.1, -0.05) is 41.4 Å². The molecular formula is C25H25Cl2N3O2. The Bertz CT molecular complexity index is 1150. The van der Waals surface area contributed by atoms with E-state index in [9.17, 15) is 9.59 Å². The summed E-state index contributed by atoms with van der Waals surface area (Å²) in [5.41, 5.74) is 4.23. The number of amides is 1. The summed E-state index contributed by atoms with van der Waals surface area (Å²) in [6.45, 7) is 6.72. The van der Waals surface area contributed by atoms with Crippen LogP contribution in [-0.4, -0.2) is 58.8 Å². The van der Waals surface area contributed by atoms with Crippen molar-refractivity contribution in [3.63, 3.8) is 0 Å². The van der Waals surface area contributed by atoms with Crippen LogP contribution in [0.2, 0.25) is 10.0 Å². The van der Waals surface area contributed by atoms with Gasteiger partial charge in [0.1, 0.15) is 0 Å². The van der Waals surface area contributed by atoms with Gasteiger partial charge in [-0.15, -0.1) is 0 Å². The Morgan fingerprint density at radius 3 is 2.22 bits per heavy atom. The Morgan fingerprint density at radius 2 is 1.56 bits per heavy atom. The normalized spacial score (nSPS) is 14.6. The molecule has 0 atom stereocenters. The molecule has 0 N–H and O–H groups in total. The molecule has 4 rings (SSSR count). The smallest absolute Gasteiger partial charge is 0.255 e. The molecule has 2 aromatic carbocycles. The van der Waals surface area contributed by atoms with Gasteiger partial charge in [0, 0.05) is 53.8 Å². The van der Waals surface area contributed by atoms with Crippen LogP contribution < -0.4 is 0 Å². The maximum Gasteiger partial charge on any atom is 0.255 e. The van der Waals surface area contributed by atoms with E-state index in [0.717, 1.165) is 22.6 Å². The molecule has 0 aliphatic carbocycles. The van der Waals surface area contributed by atoms with E-state index < -0.39 is 0 Å². The largest absolute Gasteiger partial charge is 0.336 e. The molecule has 0 bridgehead atoms. The topological polar surface area (TPSA) is 45.6 Å². The molecule has 0 radical (unpaired) electrons. The summed E-state index contributed by atoms with van der Waals surface area (Å²) in [5.74, 6) is -0.00940. The molecule has 1 fully saturated rings. The lowest BCUT2D eigenvalue weighted by Gasteiger charge is -2.34. The number of hydrogen-bond acceptors (Lipinski definition) is 3. The summed E-state index contributed by atoms with van der Waals surface area (Å²) in [7, 11) is 0. The van der Waals surface area contributed by atoms with Crippen molar-refractivity contribution in [2.45, 2.75) is 13.8 Å². The van der Waals surface area contributed by atoms with Gasteiger partial charge in [-0.25, -0.2) is 0 Å². The standard InChI is InChI=1S/C25H25Cl2N3O2/c1-17-14-22(18(2)30(17)20-6-4-3-5-7-20)24(31)16-28-10-12-29(13-11-28)25(32)21-9-8-19(26)15-23(21)27/h3-9,14-15H,10-13,16H2,1-2H3. The Hall–Kier alpha value is -2.60. The SMILES string of the molecule is Cc1cc(C(=O)CN2CCN(C(=O)c3ccc(Cl)cc3Cl)CC2)c(C)n1-c1ccccc1. The quantitative estimate of drug-likeness (QED) is 0.491. The van der Waals surface area contributed by atoms with Crippen LogP contribution in [0.15, 0.2) is 54.6 Å². The minimum absolute atomic E-state index is 0.0980. The maximum absolute atomic E-state index is 13.1. The van der Waals surface area contributed by atoms with Crippen molar-refractivity contribution in [1.29, 1.82) is 0 Å². The number of aromatic nitrogens is 1. The summed E-state index contributed by atoms with van der Waals surface area (Å²) < 4.78 is 2.11. The molecule has 0 saturated carbocycles. The fraction of sp³-hybridized carbons (Fsp3) is 0.280. The van der Waals surface area contributed by atoms with Gasteiger partial charge < -0.3 is 9.47 Å². The number of benzene rings is 2. The third-order valence-electron chi connectivity index (χ3n) is 5.93. The number of halogens is 2. The fourth-order valence-electron chi connectivity index (χ4n) is 4.25. The highest BCUT2D eigenvalue weighted by Crippen LogP contribution is 2.24. The number of hydrogen-bond donors (Lipinski definition) is 0. The van der Waals surface area contributed by atoms with Crippen LogP contribution in [0, 0.1) is 13.8 Å². The van der Waals surface area contributed by atoms with E-state index in [1.54, 1.807) is 23.1 Å². The van der Waals surface area contributed by atoms with E-state index in [2.05, 4.69) is 9.47 Å². The lowest BCUT2D eigenvalue weighted by molar-refractivity contribution is 0.0624. The molecule has 0 spiro atoms. The number of aryl methyl sites for hydroxylation is 1. The van der Waals surface area contributed by atoms with Crippen LogP contribution in [0.4, 0.5) is 0 Å². The third kappa shape index (κ3) is 4.60. The molecule has 0 unspecified atom stereocenters. The van der Waals surface area contributed by atoms with Gasteiger partial charge in [-0.05, 0) is 50.2 Å². The monoisotopic (exact) mass is 469 g/mol. The van der Waals surface area contributed by atoms with Gasteiger partial charge in [-0.2, -0.15) is 0 Å². The lowest BCUT2D eigenvalue weighted by atomic mass is 10.1. The van der Waals surface area contributed by atoms with Gasteiger partial charge in [0.2, 0.25) is 0 Å². The maximum atomic E-state index is 13.1. The number of rotatable bonds is 5. The minimum Gasteiger partial charge on any atom is -0.336 e. The summed E-state index contributed by atoms with van der Waals surface area (Å²) >= 11 is 12.1. The predicted molar refractivity (Wildman–Crippen MR) is 128 cm³/mol. The van der Waals surface area contributed by atoms with Gasteiger partial charge in [0.05, 0.1) is 17.1 Å². The molecule has 1 aliphatic heterocycles. The van der Waals surface area contributed by atoms with E-state index in [1.807, 2.05) is 50.2 Å². The van der Waals surface area contributed by atoms with E-state index >= 15 is 0 Å². The average molecular weight is 470 g/mol. The zero-order chi connectivity index (χ0) is 22.8. The lowest BCUT2D eigenvalue weighted by Crippen LogP contribution is -2.50. The zero-order valence-electron chi connectivity index (χ0n) is 18.1. The van der Waals surface area contributed by atoms with E-state index in [-0.39, 0.29) is 11.7 Å². The number of ketones is 1. The minimum atomic E-state index is -0.107. The summed E-state index contributed by atoms with van der Waals surface area (Å²) in [6, 6.07) is 16.9. The van der Waals surface area contributed by atoms with Crippen LogP contribution in [-0.2, 0) is 0 Å². The van der Waals surface area contributed by atoms with Crippen molar-refractivity contribution in [2.75, 3.05) is 32.7 Å². The Labute approximate surface area is 198 Å². The first kappa shape index (κ1) is 22.6. The molecular weight excluding hydrogens is 445 g/mol. The van der Waals surface area contributed by atoms with Gasteiger partial charge in [0.15, 0.2) is 5.78 Å². The van der Waals surface area contributed by atoms with Crippen LogP contribution >= 0.6 is 23.2 Å². The first-order valence-electron chi connectivity index (χ1n) is 10.6. The number of carbonyl (C=O) groups excluding carboxylic acids is 2. The zero-order valence-corrected chi connectivity index (χ0v) is 19.7. The highest BCUT2D eigenvalue weighted by molar-refractivity contribution is 6.36. The Balaban J connectivity index is 1.40. The number of para-hydroxylation sites is 1. The van der Waals surface area contributed by atoms with Crippen LogP contribution in [0.1, 0.15) is 32.1 Å². The summed E-state index contributed by atoms with van der Waals surface area (Å²) in [4.78, 5) is 29.8. The Kier molecular flexibility index (Phi) is 6.70. The number of Topliss-reactive ketones (excluding diaryl/α,β-unsaturated/α-hetero) is 1. The first-order valence-corrected chi connectivity index (χ1v) is 11.3. The summed E-state index contributed by atoms with van der Waals surface area (Å²) in [5, 5.41) is 0.857. The molecule has 1 aliphatic rings. The molecule has 1 aromatic heterocycles. The molecule has 1 amide bonds. The van der Waals surface area contributed by atoms with Gasteiger partial charge in [0.25, 0.3) is 5.91 Å². The second-order valence-electron chi connectivity index (χ2n) is 8.07. The third-order valence-corrected chi connectivity index (χ3v) is 6.48. The van der Waals surface area contributed by atoms with Crippen molar-refractivity contribution in [1.82, 2.24) is 14.4 Å². The number of carbonyl (C=O) groups is 2. The second-order valence-corrected chi connectivity index (χ2v) is 8.92. The molecule has 5 nitrogen and oxygen atoms in total. The molecule has 2 heterocycles. The van der Waals surface area contributed by atoms with E-state index in [1.165, 1.54) is 0 Å². The van der Waals surface area contributed by atoms with Crippen LogP contribution in [0.25, 0.3) is 5.69 Å². The van der Waals surface area contributed by atoms with Crippen molar-refractivity contribution in [3.05, 3.63) is 87.2 Å². The first-order chi connectivity index (χ1) is 15.3.